The third kappa shape index (κ3) is 5.43. The van der Waals surface area contributed by atoms with Crippen molar-refractivity contribution in [3.63, 3.8) is 0 Å². The SMILES string of the molecule is c1ccc(-c2ccc3cc(-c4nc(-c5ccc6c(ccc7ccccc76)c5)nc(-c5cc(-c6ccccc6)cc6oc7ccccc7c56)n4)ccc3c2)cc1. The van der Waals surface area contributed by atoms with E-state index in [9.17, 15) is 0 Å². The van der Waals surface area contributed by atoms with Gasteiger partial charge in [-0.2, -0.15) is 0 Å². The van der Waals surface area contributed by atoms with Crippen LogP contribution in [0.15, 0.2) is 192 Å². The summed E-state index contributed by atoms with van der Waals surface area (Å²) in [6.45, 7) is 0. The summed E-state index contributed by atoms with van der Waals surface area (Å²) in [4.78, 5) is 15.8. The van der Waals surface area contributed by atoms with Crippen LogP contribution in [0.5, 0.6) is 0 Å². The Balaban J connectivity index is 1.14. The average Bonchev–Trinajstić information content (AvgIpc) is 3.64. The molecular formula is C51H31N3O. The number of rotatable bonds is 5. The molecule has 9 aromatic carbocycles. The predicted octanol–water partition coefficient (Wildman–Crippen LogP) is 13.6. The van der Waals surface area contributed by atoms with Crippen LogP contribution in [-0.4, -0.2) is 15.0 Å². The van der Waals surface area contributed by atoms with E-state index in [1.165, 1.54) is 27.3 Å². The summed E-state index contributed by atoms with van der Waals surface area (Å²) in [6, 6.07) is 65.8. The molecule has 0 aliphatic heterocycles. The van der Waals surface area contributed by atoms with Gasteiger partial charge < -0.3 is 4.42 Å². The van der Waals surface area contributed by atoms with Gasteiger partial charge in [0, 0.05) is 27.5 Å². The molecule has 0 amide bonds. The lowest BCUT2D eigenvalue weighted by Gasteiger charge is -2.12. The Hall–Kier alpha value is -7.43. The Labute approximate surface area is 317 Å². The van der Waals surface area contributed by atoms with E-state index >= 15 is 0 Å². The number of para-hydroxylation sites is 1. The molecule has 0 spiro atoms. The van der Waals surface area contributed by atoms with Gasteiger partial charge in [0.25, 0.3) is 0 Å². The van der Waals surface area contributed by atoms with Crippen LogP contribution in [0.25, 0.3) is 111 Å². The van der Waals surface area contributed by atoms with E-state index in [1.54, 1.807) is 0 Å². The van der Waals surface area contributed by atoms with Crippen LogP contribution in [0, 0.1) is 0 Å². The van der Waals surface area contributed by atoms with Gasteiger partial charge in [-0.25, -0.2) is 15.0 Å². The predicted molar refractivity (Wildman–Crippen MR) is 227 cm³/mol. The van der Waals surface area contributed by atoms with Crippen LogP contribution in [0.3, 0.4) is 0 Å². The number of hydrogen-bond acceptors (Lipinski definition) is 4. The van der Waals surface area contributed by atoms with Crippen LogP contribution >= 0.6 is 0 Å². The summed E-state index contributed by atoms with van der Waals surface area (Å²) in [5.74, 6) is 1.81. The third-order valence-electron chi connectivity index (χ3n) is 10.7. The monoisotopic (exact) mass is 701 g/mol. The summed E-state index contributed by atoms with van der Waals surface area (Å²) < 4.78 is 6.51. The van der Waals surface area contributed by atoms with Crippen molar-refractivity contribution in [1.29, 1.82) is 0 Å². The van der Waals surface area contributed by atoms with E-state index in [2.05, 4.69) is 158 Å². The maximum atomic E-state index is 6.51. The minimum atomic E-state index is 0.590. The number of fused-ring (bicyclic) bond motifs is 7. The van der Waals surface area contributed by atoms with E-state index in [0.717, 1.165) is 65.9 Å². The molecule has 0 bridgehead atoms. The molecule has 0 saturated heterocycles. The minimum absolute atomic E-state index is 0.590. The summed E-state index contributed by atoms with van der Waals surface area (Å²) in [7, 11) is 0. The van der Waals surface area contributed by atoms with Crippen LogP contribution in [0.4, 0.5) is 0 Å². The molecule has 0 radical (unpaired) electrons. The lowest BCUT2D eigenvalue weighted by molar-refractivity contribution is 0.669. The second-order valence-corrected chi connectivity index (χ2v) is 14.0. The summed E-state index contributed by atoms with van der Waals surface area (Å²) in [5.41, 5.74) is 8.85. The first-order valence-electron chi connectivity index (χ1n) is 18.5. The number of furan rings is 1. The van der Waals surface area contributed by atoms with Crippen molar-refractivity contribution in [2.24, 2.45) is 0 Å². The van der Waals surface area contributed by atoms with Gasteiger partial charge in [0.2, 0.25) is 0 Å². The highest BCUT2D eigenvalue weighted by Crippen LogP contribution is 2.40. The zero-order valence-electron chi connectivity index (χ0n) is 29.6. The highest BCUT2D eigenvalue weighted by Gasteiger charge is 2.20. The second-order valence-electron chi connectivity index (χ2n) is 14.0. The minimum Gasteiger partial charge on any atom is -0.456 e. The topological polar surface area (TPSA) is 51.8 Å². The lowest BCUT2D eigenvalue weighted by atomic mass is 9.98. The van der Waals surface area contributed by atoms with Gasteiger partial charge in [0.05, 0.1) is 0 Å². The van der Waals surface area contributed by atoms with E-state index in [-0.39, 0.29) is 0 Å². The highest BCUT2D eigenvalue weighted by molar-refractivity contribution is 6.13. The number of hydrogen-bond donors (Lipinski definition) is 0. The van der Waals surface area contributed by atoms with Crippen molar-refractivity contribution < 1.29 is 4.42 Å². The zero-order chi connectivity index (χ0) is 36.3. The molecule has 2 aromatic heterocycles. The molecule has 0 fully saturated rings. The highest BCUT2D eigenvalue weighted by atomic mass is 16.3. The van der Waals surface area contributed by atoms with Crippen LogP contribution in [0.1, 0.15) is 0 Å². The molecule has 0 saturated carbocycles. The summed E-state index contributed by atoms with van der Waals surface area (Å²) in [6.07, 6.45) is 0. The van der Waals surface area contributed by atoms with Gasteiger partial charge in [-0.05, 0) is 91.0 Å². The van der Waals surface area contributed by atoms with Gasteiger partial charge >= 0.3 is 0 Å². The molecule has 4 nitrogen and oxygen atoms in total. The lowest BCUT2D eigenvalue weighted by Crippen LogP contribution is -2.01. The Morgan fingerprint density at radius 3 is 1.58 bits per heavy atom. The molecule has 11 rings (SSSR count). The molecule has 2 heterocycles. The van der Waals surface area contributed by atoms with E-state index in [1.807, 2.05) is 30.3 Å². The maximum Gasteiger partial charge on any atom is 0.164 e. The molecule has 0 unspecified atom stereocenters. The molecular weight excluding hydrogens is 671 g/mol. The molecule has 11 aromatic rings. The fraction of sp³-hybridized carbons (Fsp3) is 0. The maximum absolute atomic E-state index is 6.51. The van der Waals surface area contributed by atoms with Crippen LogP contribution in [-0.2, 0) is 0 Å². The van der Waals surface area contributed by atoms with Crippen LogP contribution in [0.2, 0.25) is 0 Å². The normalized spacial score (nSPS) is 11.6. The van der Waals surface area contributed by atoms with E-state index < -0.39 is 0 Å². The van der Waals surface area contributed by atoms with E-state index in [4.69, 9.17) is 19.4 Å². The Kier molecular flexibility index (Phi) is 7.14. The molecule has 0 aliphatic carbocycles. The molecule has 256 valence electrons. The second kappa shape index (κ2) is 12.6. The fourth-order valence-electron chi connectivity index (χ4n) is 7.93. The molecule has 0 atom stereocenters. The van der Waals surface area contributed by atoms with Gasteiger partial charge in [0.1, 0.15) is 11.2 Å². The van der Waals surface area contributed by atoms with Crippen molar-refractivity contribution >= 4 is 54.3 Å². The van der Waals surface area contributed by atoms with Gasteiger partial charge in [-0.15, -0.1) is 0 Å². The zero-order valence-corrected chi connectivity index (χ0v) is 29.6. The van der Waals surface area contributed by atoms with Crippen molar-refractivity contribution in [3.8, 4) is 56.4 Å². The average molecular weight is 702 g/mol. The van der Waals surface area contributed by atoms with Crippen molar-refractivity contribution in [2.45, 2.75) is 0 Å². The van der Waals surface area contributed by atoms with Gasteiger partial charge in [0.15, 0.2) is 17.5 Å². The molecule has 0 N–H and O–H groups in total. The van der Waals surface area contributed by atoms with Crippen molar-refractivity contribution in [2.75, 3.05) is 0 Å². The van der Waals surface area contributed by atoms with Gasteiger partial charge in [-0.1, -0.05) is 152 Å². The quantitative estimate of drug-likeness (QED) is 0.168. The Morgan fingerprint density at radius 2 is 0.818 bits per heavy atom. The third-order valence-corrected chi connectivity index (χ3v) is 10.7. The van der Waals surface area contributed by atoms with E-state index in [0.29, 0.717) is 17.5 Å². The first kappa shape index (κ1) is 31.1. The smallest absolute Gasteiger partial charge is 0.164 e. The number of aromatic nitrogens is 3. The number of nitrogens with zero attached hydrogens (tertiary/aromatic N) is 3. The molecule has 4 heteroatoms. The van der Waals surface area contributed by atoms with Crippen molar-refractivity contribution in [3.05, 3.63) is 188 Å². The Morgan fingerprint density at radius 1 is 0.291 bits per heavy atom. The first-order chi connectivity index (χ1) is 27.2. The summed E-state index contributed by atoms with van der Waals surface area (Å²) in [5, 5.41) is 9.05. The number of benzene rings is 9. The fourth-order valence-corrected chi connectivity index (χ4v) is 7.93. The molecule has 55 heavy (non-hydrogen) atoms. The molecule has 0 aliphatic rings. The van der Waals surface area contributed by atoms with Crippen LogP contribution < -0.4 is 0 Å². The Bertz CT molecular complexity index is 3260. The standard InChI is InChI=1S/C51H31N3O/c1-3-11-32(12-4-1)35-20-21-37-28-39(24-22-36(37)27-35)49-52-50(40-25-26-43-38(29-40)23-19-34-15-7-8-16-42(34)43)54-51(53-49)45-30-41(33-13-5-2-6-14-33)31-47-48(45)44-17-9-10-18-46(44)55-47/h1-31H. The largest absolute Gasteiger partial charge is 0.456 e. The van der Waals surface area contributed by atoms with Crippen molar-refractivity contribution in [1.82, 2.24) is 15.0 Å². The summed E-state index contributed by atoms with van der Waals surface area (Å²) >= 11 is 0. The first-order valence-corrected chi connectivity index (χ1v) is 18.5. The van der Waals surface area contributed by atoms with Gasteiger partial charge in [-0.3, -0.25) is 0 Å².